The lowest BCUT2D eigenvalue weighted by Gasteiger charge is -2.41. The lowest BCUT2D eigenvalue weighted by Crippen LogP contribution is -2.42. The monoisotopic (exact) mass is 580 g/mol. The summed E-state index contributed by atoms with van der Waals surface area (Å²) in [6.45, 7) is 2.41. The van der Waals surface area contributed by atoms with Crippen LogP contribution < -0.4 is 4.74 Å². The molecular formula is C29H32ClF3N2O3S. The molecule has 39 heavy (non-hydrogen) atoms. The fourth-order valence-corrected chi connectivity index (χ4v) is 6.50. The zero-order valence-electron chi connectivity index (χ0n) is 21.8. The Morgan fingerprint density at radius 1 is 1.18 bits per heavy atom. The SMILES string of the molecule is COc1ccc2ncc(Cl)c(CCCC3(CC(=O)O)CCN(CCSc4ccc(C(F)(F)F)cc4)CC3)c2c1. The molecule has 0 saturated carbocycles. The van der Waals surface area contributed by atoms with Gasteiger partial charge in [0.15, 0.2) is 0 Å². The summed E-state index contributed by atoms with van der Waals surface area (Å²) in [7, 11) is 1.62. The first kappa shape index (κ1) is 29.5. The number of thioether (sulfide) groups is 1. The van der Waals surface area contributed by atoms with Crippen molar-refractivity contribution < 1.29 is 27.8 Å². The number of hydrogen-bond donors (Lipinski definition) is 1. The molecule has 1 aliphatic heterocycles. The fourth-order valence-electron chi connectivity index (χ4n) is 5.34. The zero-order chi connectivity index (χ0) is 28.0. The largest absolute Gasteiger partial charge is 0.497 e. The molecular weight excluding hydrogens is 549 g/mol. The van der Waals surface area contributed by atoms with Crippen LogP contribution in [0.25, 0.3) is 10.9 Å². The first-order chi connectivity index (χ1) is 18.6. The number of piperidine rings is 1. The molecule has 1 N–H and O–H groups in total. The molecule has 1 fully saturated rings. The number of hydrogen-bond acceptors (Lipinski definition) is 5. The van der Waals surface area contributed by atoms with Crippen molar-refractivity contribution in [2.45, 2.75) is 49.6 Å². The Kier molecular flexibility index (Phi) is 9.67. The van der Waals surface area contributed by atoms with Crippen molar-refractivity contribution in [2.24, 2.45) is 5.41 Å². The summed E-state index contributed by atoms with van der Waals surface area (Å²) < 4.78 is 43.7. The van der Waals surface area contributed by atoms with Gasteiger partial charge in [0.05, 0.1) is 29.6 Å². The molecule has 0 unspecified atom stereocenters. The Balaban J connectivity index is 1.31. The summed E-state index contributed by atoms with van der Waals surface area (Å²) in [5.74, 6) is 0.714. The molecule has 0 aliphatic carbocycles. The van der Waals surface area contributed by atoms with Gasteiger partial charge in [-0.15, -0.1) is 11.8 Å². The number of aromatic nitrogens is 1. The van der Waals surface area contributed by atoms with E-state index < -0.39 is 17.7 Å². The molecule has 0 amide bonds. The van der Waals surface area contributed by atoms with E-state index in [2.05, 4.69) is 9.88 Å². The van der Waals surface area contributed by atoms with Crippen molar-refractivity contribution in [1.29, 1.82) is 0 Å². The maximum absolute atomic E-state index is 12.8. The third kappa shape index (κ3) is 7.80. The van der Waals surface area contributed by atoms with Gasteiger partial charge in [-0.1, -0.05) is 11.6 Å². The van der Waals surface area contributed by atoms with Crippen LogP contribution in [-0.4, -0.2) is 53.5 Å². The maximum Gasteiger partial charge on any atom is 0.416 e. The Bertz CT molecular complexity index is 1280. The third-order valence-corrected chi connectivity index (χ3v) is 8.89. The van der Waals surface area contributed by atoms with E-state index in [1.807, 2.05) is 18.2 Å². The third-order valence-electron chi connectivity index (χ3n) is 7.57. The zero-order valence-corrected chi connectivity index (χ0v) is 23.3. The molecule has 2 aromatic carbocycles. The van der Waals surface area contributed by atoms with Crippen molar-refractivity contribution in [2.75, 3.05) is 32.5 Å². The van der Waals surface area contributed by atoms with Crippen LogP contribution in [0.5, 0.6) is 5.75 Å². The number of fused-ring (bicyclic) bond motifs is 1. The van der Waals surface area contributed by atoms with Gasteiger partial charge in [0, 0.05) is 28.8 Å². The first-order valence-electron chi connectivity index (χ1n) is 12.9. The fraction of sp³-hybridized carbons (Fsp3) is 0.448. The minimum atomic E-state index is -4.33. The molecule has 1 aliphatic rings. The normalized spacial score (nSPS) is 15.9. The van der Waals surface area contributed by atoms with Crippen molar-refractivity contribution >= 4 is 40.2 Å². The van der Waals surface area contributed by atoms with Crippen LogP contribution in [0.4, 0.5) is 13.2 Å². The smallest absolute Gasteiger partial charge is 0.416 e. The van der Waals surface area contributed by atoms with Crippen molar-refractivity contribution in [3.8, 4) is 5.75 Å². The van der Waals surface area contributed by atoms with Crippen molar-refractivity contribution in [3.63, 3.8) is 0 Å². The standard InChI is InChI=1S/C29H32ClF3N2O3S/c1-38-21-6-9-26-24(17-21)23(25(30)19-34-26)3-2-10-28(18-27(36)37)11-13-35(14-12-28)15-16-39-22-7-4-20(5-8-22)29(31,32)33/h4-9,17,19H,2-3,10-16,18H2,1H3,(H,36,37). The van der Waals surface area contributed by atoms with E-state index in [0.29, 0.717) is 5.02 Å². The maximum atomic E-state index is 12.8. The highest BCUT2D eigenvalue weighted by atomic mass is 35.5. The van der Waals surface area contributed by atoms with E-state index in [1.165, 1.54) is 23.9 Å². The van der Waals surface area contributed by atoms with Gasteiger partial charge in [-0.05, 0) is 98.6 Å². The molecule has 3 aromatic rings. The number of likely N-dealkylation sites (tertiary alicyclic amines) is 1. The van der Waals surface area contributed by atoms with E-state index in [-0.39, 0.29) is 11.8 Å². The van der Waals surface area contributed by atoms with Gasteiger partial charge >= 0.3 is 12.1 Å². The summed E-state index contributed by atoms with van der Waals surface area (Å²) in [6, 6.07) is 11.0. The van der Waals surface area contributed by atoms with Gasteiger partial charge in [0.1, 0.15) is 5.75 Å². The number of aryl methyl sites for hydroxylation is 1. The molecule has 0 spiro atoms. The van der Waals surface area contributed by atoms with Crippen LogP contribution in [0.2, 0.25) is 5.02 Å². The number of carboxylic acid groups (broad SMARTS) is 1. The number of ether oxygens (including phenoxy) is 1. The number of halogens is 4. The second kappa shape index (κ2) is 12.8. The van der Waals surface area contributed by atoms with E-state index >= 15 is 0 Å². The lowest BCUT2D eigenvalue weighted by atomic mass is 9.72. The van der Waals surface area contributed by atoms with Gasteiger partial charge in [-0.25, -0.2) is 0 Å². The van der Waals surface area contributed by atoms with Crippen molar-refractivity contribution in [1.82, 2.24) is 9.88 Å². The first-order valence-corrected chi connectivity index (χ1v) is 14.3. The molecule has 0 atom stereocenters. The Morgan fingerprint density at radius 2 is 1.90 bits per heavy atom. The van der Waals surface area contributed by atoms with Gasteiger partial charge in [0.25, 0.3) is 0 Å². The van der Waals surface area contributed by atoms with Crippen LogP contribution in [0, 0.1) is 5.41 Å². The Labute approximate surface area is 235 Å². The Hall–Kier alpha value is -2.49. The molecule has 0 radical (unpaired) electrons. The van der Waals surface area contributed by atoms with Crippen LogP contribution >= 0.6 is 23.4 Å². The van der Waals surface area contributed by atoms with E-state index in [0.717, 1.165) is 96.7 Å². The molecule has 10 heteroatoms. The molecule has 210 valence electrons. The Morgan fingerprint density at radius 3 is 2.54 bits per heavy atom. The summed E-state index contributed by atoms with van der Waals surface area (Å²) in [5.41, 5.74) is 0.939. The quantitative estimate of drug-likeness (QED) is 0.236. The molecule has 1 saturated heterocycles. The highest BCUT2D eigenvalue weighted by Crippen LogP contribution is 2.41. The average molecular weight is 581 g/mol. The number of carbonyl (C=O) groups is 1. The van der Waals surface area contributed by atoms with Crippen LogP contribution in [0.1, 0.15) is 43.2 Å². The molecule has 0 bridgehead atoms. The summed E-state index contributed by atoms with van der Waals surface area (Å²) in [5, 5.41) is 11.2. The highest BCUT2D eigenvalue weighted by Gasteiger charge is 2.36. The van der Waals surface area contributed by atoms with Gasteiger partial charge < -0.3 is 14.7 Å². The van der Waals surface area contributed by atoms with E-state index in [1.54, 1.807) is 13.3 Å². The number of nitrogens with zero attached hydrogens (tertiary/aromatic N) is 2. The predicted molar refractivity (Wildman–Crippen MR) is 149 cm³/mol. The lowest BCUT2D eigenvalue weighted by molar-refractivity contribution is -0.141. The second-order valence-electron chi connectivity index (χ2n) is 10.1. The minimum Gasteiger partial charge on any atom is -0.497 e. The van der Waals surface area contributed by atoms with Crippen molar-refractivity contribution in [3.05, 3.63) is 64.8 Å². The number of carboxylic acids is 1. The molecule has 1 aromatic heterocycles. The number of rotatable bonds is 11. The molecule has 4 rings (SSSR count). The summed E-state index contributed by atoms with van der Waals surface area (Å²) >= 11 is 8.05. The second-order valence-corrected chi connectivity index (χ2v) is 11.7. The minimum absolute atomic E-state index is 0.139. The number of methoxy groups -OCH3 is 1. The number of aliphatic carboxylic acids is 1. The number of pyridine rings is 1. The average Bonchev–Trinajstić information content (AvgIpc) is 2.90. The van der Waals surface area contributed by atoms with E-state index in [9.17, 15) is 23.1 Å². The van der Waals surface area contributed by atoms with Crippen LogP contribution in [0.3, 0.4) is 0 Å². The van der Waals surface area contributed by atoms with Gasteiger partial charge in [0.2, 0.25) is 0 Å². The molecule has 2 heterocycles. The van der Waals surface area contributed by atoms with Gasteiger partial charge in [-0.2, -0.15) is 13.2 Å². The summed E-state index contributed by atoms with van der Waals surface area (Å²) in [6.07, 6.45) is 1.39. The van der Waals surface area contributed by atoms with E-state index in [4.69, 9.17) is 16.3 Å². The van der Waals surface area contributed by atoms with Crippen LogP contribution in [-0.2, 0) is 17.4 Å². The molecule has 5 nitrogen and oxygen atoms in total. The highest BCUT2D eigenvalue weighted by molar-refractivity contribution is 7.99. The predicted octanol–water partition coefficient (Wildman–Crippen LogP) is 7.59. The number of alkyl halides is 3. The van der Waals surface area contributed by atoms with Crippen LogP contribution in [0.15, 0.2) is 53.6 Å². The summed E-state index contributed by atoms with van der Waals surface area (Å²) in [4.78, 5) is 19.3. The topological polar surface area (TPSA) is 62.7 Å². The van der Waals surface area contributed by atoms with Gasteiger partial charge in [-0.3, -0.25) is 9.78 Å². The number of benzene rings is 2.